The fourth-order valence-corrected chi connectivity index (χ4v) is 1.48. The molecule has 1 rings (SSSR count). The van der Waals surface area contributed by atoms with Crippen molar-refractivity contribution in [2.45, 2.75) is 32.9 Å². The van der Waals surface area contributed by atoms with Gasteiger partial charge in [-0.3, -0.25) is 4.79 Å². The van der Waals surface area contributed by atoms with E-state index in [0.717, 1.165) is 0 Å². The van der Waals surface area contributed by atoms with E-state index in [9.17, 15) is 9.90 Å². The molecular formula is C14H22NO3+. The molecular weight excluding hydrogens is 230 g/mol. The van der Waals surface area contributed by atoms with Crippen LogP contribution >= 0.6 is 0 Å². The molecule has 1 aromatic rings. The summed E-state index contributed by atoms with van der Waals surface area (Å²) in [5, 5.41) is 11.8. The standard InChI is InChI=1S/C14H21NO3/c1-10(2)15-8-13(17)9-18-14-6-4-12(5-7-14)11(3)16/h4-7,10,13,15,17H,8-9H2,1-3H3/p+1/t13-/m1/s1. The van der Waals surface area contributed by atoms with E-state index < -0.39 is 6.10 Å². The highest BCUT2D eigenvalue weighted by atomic mass is 16.5. The monoisotopic (exact) mass is 252 g/mol. The van der Waals surface area contributed by atoms with Crippen LogP contribution in [0.3, 0.4) is 0 Å². The smallest absolute Gasteiger partial charge is 0.159 e. The predicted molar refractivity (Wildman–Crippen MR) is 69.9 cm³/mol. The van der Waals surface area contributed by atoms with Crippen LogP contribution in [0.5, 0.6) is 5.75 Å². The number of benzene rings is 1. The molecule has 18 heavy (non-hydrogen) atoms. The van der Waals surface area contributed by atoms with Gasteiger partial charge in [-0.2, -0.15) is 0 Å². The molecule has 0 amide bonds. The van der Waals surface area contributed by atoms with Crippen LogP contribution < -0.4 is 10.1 Å². The minimum atomic E-state index is -0.486. The molecule has 0 saturated heterocycles. The second-order valence-electron chi connectivity index (χ2n) is 4.76. The van der Waals surface area contributed by atoms with Crippen molar-refractivity contribution in [3.05, 3.63) is 29.8 Å². The summed E-state index contributed by atoms with van der Waals surface area (Å²) in [6, 6.07) is 7.41. The van der Waals surface area contributed by atoms with Crippen LogP contribution in [0.4, 0.5) is 0 Å². The van der Waals surface area contributed by atoms with Crippen LogP contribution in [0.2, 0.25) is 0 Å². The Hall–Kier alpha value is -1.39. The Kier molecular flexibility index (Phi) is 5.82. The molecule has 0 radical (unpaired) electrons. The second kappa shape index (κ2) is 7.13. The van der Waals surface area contributed by atoms with E-state index >= 15 is 0 Å². The van der Waals surface area contributed by atoms with Gasteiger partial charge in [0.2, 0.25) is 0 Å². The summed E-state index contributed by atoms with van der Waals surface area (Å²) in [5.74, 6) is 0.705. The summed E-state index contributed by atoms with van der Waals surface area (Å²) in [4.78, 5) is 11.1. The Balaban J connectivity index is 2.36. The molecule has 3 N–H and O–H groups in total. The minimum Gasteiger partial charge on any atom is -0.491 e. The van der Waals surface area contributed by atoms with E-state index in [-0.39, 0.29) is 12.4 Å². The molecule has 0 saturated carbocycles. The number of carbonyl (C=O) groups is 1. The highest BCUT2D eigenvalue weighted by Gasteiger charge is 2.08. The Bertz CT molecular complexity index is 373. The zero-order valence-electron chi connectivity index (χ0n) is 11.2. The molecule has 100 valence electrons. The van der Waals surface area contributed by atoms with Gasteiger partial charge in [0.15, 0.2) is 5.78 Å². The number of hydrogen-bond donors (Lipinski definition) is 2. The van der Waals surface area contributed by atoms with E-state index in [1.54, 1.807) is 24.3 Å². The van der Waals surface area contributed by atoms with Crippen molar-refractivity contribution >= 4 is 5.78 Å². The maximum absolute atomic E-state index is 11.1. The number of aliphatic hydroxyl groups excluding tert-OH is 1. The van der Waals surface area contributed by atoms with E-state index in [1.807, 2.05) is 0 Å². The third-order valence-electron chi connectivity index (χ3n) is 2.58. The molecule has 0 aliphatic rings. The lowest BCUT2D eigenvalue weighted by Crippen LogP contribution is -2.90. The van der Waals surface area contributed by atoms with Gasteiger partial charge in [0.05, 0.1) is 6.04 Å². The molecule has 1 aromatic carbocycles. The first-order valence-corrected chi connectivity index (χ1v) is 6.24. The molecule has 0 fully saturated rings. The number of carbonyl (C=O) groups excluding carboxylic acids is 1. The highest BCUT2D eigenvalue weighted by Crippen LogP contribution is 2.12. The third-order valence-corrected chi connectivity index (χ3v) is 2.58. The Morgan fingerprint density at radius 2 is 1.94 bits per heavy atom. The average Bonchev–Trinajstić information content (AvgIpc) is 2.34. The Morgan fingerprint density at radius 3 is 2.44 bits per heavy atom. The molecule has 0 bridgehead atoms. The predicted octanol–water partition coefficient (Wildman–Crippen LogP) is 0.601. The van der Waals surface area contributed by atoms with Crippen molar-refractivity contribution in [3.8, 4) is 5.75 Å². The van der Waals surface area contributed by atoms with Crippen molar-refractivity contribution in [3.63, 3.8) is 0 Å². The number of hydrogen-bond acceptors (Lipinski definition) is 3. The number of quaternary nitrogens is 1. The second-order valence-corrected chi connectivity index (χ2v) is 4.76. The van der Waals surface area contributed by atoms with E-state index in [1.165, 1.54) is 6.92 Å². The van der Waals surface area contributed by atoms with E-state index in [2.05, 4.69) is 19.2 Å². The van der Waals surface area contributed by atoms with Crippen molar-refractivity contribution in [2.75, 3.05) is 13.2 Å². The van der Waals surface area contributed by atoms with Crippen LogP contribution in [0, 0.1) is 0 Å². The Morgan fingerprint density at radius 1 is 1.33 bits per heavy atom. The average molecular weight is 252 g/mol. The number of ether oxygens (including phenoxy) is 1. The van der Waals surface area contributed by atoms with Crippen LogP contribution in [0.15, 0.2) is 24.3 Å². The van der Waals surface area contributed by atoms with Gasteiger partial charge < -0.3 is 15.2 Å². The van der Waals surface area contributed by atoms with Crippen molar-refractivity contribution in [1.82, 2.24) is 0 Å². The zero-order chi connectivity index (χ0) is 13.5. The first-order chi connectivity index (χ1) is 8.49. The van der Waals surface area contributed by atoms with Gasteiger partial charge in [0, 0.05) is 5.56 Å². The van der Waals surface area contributed by atoms with Crippen molar-refractivity contribution in [2.24, 2.45) is 0 Å². The van der Waals surface area contributed by atoms with Crippen LogP contribution in [-0.4, -0.2) is 36.2 Å². The molecule has 0 unspecified atom stereocenters. The molecule has 1 atom stereocenters. The zero-order valence-corrected chi connectivity index (χ0v) is 11.2. The minimum absolute atomic E-state index is 0.0353. The lowest BCUT2D eigenvalue weighted by atomic mass is 10.1. The van der Waals surface area contributed by atoms with Crippen molar-refractivity contribution in [1.29, 1.82) is 0 Å². The van der Waals surface area contributed by atoms with Crippen LogP contribution in [0.1, 0.15) is 31.1 Å². The molecule has 4 nitrogen and oxygen atoms in total. The maximum Gasteiger partial charge on any atom is 0.159 e. The number of ketones is 1. The van der Waals surface area contributed by atoms with Gasteiger partial charge in [-0.05, 0) is 45.0 Å². The first kappa shape index (κ1) is 14.7. The first-order valence-electron chi connectivity index (χ1n) is 6.24. The fraction of sp³-hybridized carbons (Fsp3) is 0.500. The fourth-order valence-electron chi connectivity index (χ4n) is 1.48. The normalized spacial score (nSPS) is 12.5. The van der Waals surface area contributed by atoms with E-state index in [0.29, 0.717) is 23.9 Å². The Labute approximate surface area is 108 Å². The number of nitrogens with two attached hydrogens (primary N) is 1. The third kappa shape index (κ3) is 5.29. The summed E-state index contributed by atoms with van der Waals surface area (Å²) >= 11 is 0. The number of Topliss-reactive ketones (excluding diaryl/α,β-unsaturated/α-hetero) is 1. The van der Waals surface area contributed by atoms with Crippen LogP contribution in [-0.2, 0) is 0 Å². The largest absolute Gasteiger partial charge is 0.491 e. The molecule has 4 heteroatoms. The summed E-state index contributed by atoms with van der Waals surface area (Å²) in [6.45, 7) is 6.58. The number of rotatable bonds is 7. The van der Waals surface area contributed by atoms with Gasteiger partial charge in [-0.1, -0.05) is 0 Å². The molecule has 0 heterocycles. The molecule has 0 aliphatic carbocycles. The van der Waals surface area contributed by atoms with Gasteiger partial charge in [0.1, 0.15) is 25.0 Å². The van der Waals surface area contributed by atoms with Gasteiger partial charge in [0.25, 0.3) is 0 Å². The quantitative estimate of drug-likeness (QED) is 0.699. The summed E-state index contributed by atoms with van der Waals surface area (Å²) in [7, 11) is 0. The molecule has 0 aliphatic heterocycles. The number of aliphatic hydroxyl groups is 1. The van der Waals surface area contributed by atoms with Crippen molar-refractivity contribution < 1.29 is 20.0 Å². The highest BCUT2D eigenvalue weighted by molar-refractivity contribution is 5.94. The van der Waals surface area contributed by atoms with Crippen LogP contribution in [0.25, 0.3) is 0 Å². The molecule has 0 aromatic heterocycles. The topological polar surface area (TPSA) is 63.1 Å². The summed E-state index contributed by atoms with van der Waals surface area (Å²) in [6.07, 6.45) is -0.486. The summed E-state index contributed by atoms with van der Waals surface area (Å²) < 4.78 is 5.45. The molecule has 0 spiro atoms. The summed E-state index contributed by atoms with van der Waals surface area (Å²) in [5.41, 5.74) is 0.663. The van der Waals surface area contributed by atoms with E-state index in [4.69, 9.17) is 4.74 Å². The van der Waals surface area contributed by atoms with Gasteiger partial charge >= 0.3 is 0 Å². The van der Waals surface area contributed by atoms with Gasteiger partial charge in [-0.25, -0.2) is 0 Å². The van der Waals surface area contributed by atoms with Gasteiger partial charge in [-0.15, -0.1) is 0 Å². The lowest BCUT2D eigenvalue weighted by molar-refractivity contribution is -0.688. The maximum atomic E-state index is 11.1. The SMILES string of the molecule is CC(=O)c1ccc(OC[C@H](O)C[NH2+]C(C)C)cc1. The lowest BCUT2D eigenvalue weighted by Gasteiger charge is -2.12.